The van der Waals surface area contributed by atoms with Crippen molar-refractivity contribution in [3.8, 4) is 0 Å². The number of nitrogens with one attached hydrogen (secondary N) is 1. The van der Waals surface area contributed by atoms with E-state index in [1.165, 1.54) is 32.1 Å². The van der Waals surface area contributed by atoms with Gasteiger partial charge in [-0.2, -0.15) is 0 Å². The smallest absolute Gasteiger partial charge is 0.223 e. The van der Waals surface area contributed by atoms with Crippen molar-refractivity contribution in [1.82, 2.24) is 5.32 Å². The van der Waals surface area contributed by atoms with Crippen LogP contribution in [0.3, 0.4) is 0 Å². The standard InChI is InChI=1S/C17H29NO2/c1-10(3-11(2)19)9-18-17(20)16-14-5-12-4-13(7-14)8-15(16)6-12/h10-16,19H,3-9H2,1-2H3,(H,18,20). The Kier molecular flexibility index (Phi) is 4.07. The molecule has 0 radical (unpaired) electrons. The fourth-order valence-electron chi connectivity index (χ4n) is 5.41. The quantitative estimate of drug-likeness (QED) is 0.812. The Labute approximate surface area is 122 Å². The van der Waals surface area contributed by atoms with E-state index in [4.69, 9.17) is 0 Å². The average Bonchev–Trinajstić information content (AvgIpc) is 2.34. The molecule has 2 unspecified atom stereocenters. The van der Waals surface area contributed by atoms with Crippen molar-refractivity contribution >= 4 is 5.91 Å². The summed E-state index contributed by atoms with van der Waals surface area (Å²) in [5.74, 6) is 4.14. The fraction of sp³-hybridized carbons (Fsp3) is 0.941. The third kappa shape index (κ3) is 2.88. The first kappa shape index (κ1) is 14.4. The highest BCUT2D eigenvalue weighted by Gasteiger charge is 2.50. The molecular formula is C17H29NO2. The van der Waals surface area contributed by atoms with Crippen molar-refractivity contribution in [2.75, 3.05) is 6.54 Å². The van der Waals surface area contributed by atoms with Gasteiger partial charge in [0.15, 0.2) is 0 Å². The molecule has 4 aliphatic rings. The number of carbonyl (C=O) groups is 1. The molecule has 0 saturated heterocycles. The van der Waals surface area contributed by atoms with Crippen LogP contribution in [0, 0.1) is 35.5 Å². The molecule has 4 rings (SSSR count). The summed E-state index contributed by atoms with van der Waals surface area (Å²) < 4.78 is 0. The maximum Gasteiger partial charge on any atom is 0.223 e. The van der Waals surface area contributed by atoms with Crippen LogP contribution in [0.1, 0.15) is 52.4 Å². The molecule has 0 aromatic carbocycles. The van der Waals surface area contributed by atoms with E-state index in [2.05, 4.69) is 12.2 Å². The van der Waals surface area contributed by atoms with Crippen molar-refractivity contribution < 1.29 is 9.90 Å². The predicted octanol–water partition coefficient (Wildman–Crippen LogP) is 2.58. The normalized spacial score (nSPS) is 41.5. The maximum atomic E-state index is 12.5. The van der Waals surface area contributed by atoms with Crippen molar-refractivity contribution in [3.05, 3.63) is 0 Å². The largest absolute Gasteiger partial charge is 0.393 e. The second-order valence-electron chi connectivity index (χ2n) is 7.89. The minimum absolute atomic E-state index is 0.275. The van der Waals surface area contributed by atoms with Crippen molar-refractivity contribution in [2.24, 2.45) is 35.5 Å². The molecule has 4 fully saturated rings. The summed E-state index contributed by atoms with van der Waals surface area (Å²) in [5, 5.41) is 12.6. The fourth-order valence-corrected chi connectivity index (χ4v) is 5.41. The van der Waals surface area contributed by atoms with Gasteiger partial charge in [-0.05, 0) is 75.0 Å². The summed E-state index contributed by atoms with van der Waals surface area (Å²) in [5.41, 5.74) is 0. The SMILES string of the molecule is CC(O)CC(C)CNC(=O)C1C2CC3CC(C2)CC1C3. The summed E-state index contributed by atoms with van der Waals surface area (Å²) in [7, 11) is 0. The zero-order valence-electron chi connectivity index (χ0n) is 12.8. The molecule has 2 atom stereocenters. The molecular weight excluding hydrogens is 250 g/mol. The van der Waals surface area contributed by atoms with Crippen molar-refractivity contribution in [3.63, 3.8) is 0 Å². The number of aliphatic hydroxyl groups excluding tert-OH is 1. The lowest BCUT2D eigenvalue weighted by atomic mass is 9.51. The highest BCUT2D eigenvalue weighted by Crippen LogP contribution is 2.56. The Bertz CT molecular complexity index is 338. The van der Waals surface area contributed by atoms with Crippen LogP contribution in [-0.4, -0.2) is 23.7 Å². The van der Waals surface area contributed by atoms with E-state index in [0.717, 1.165) is 18.3 Å². The van der Waals surface area contributed by atoms with E-state index in [1.807, 2.05) is 6.92 Å². The van der Waals surface area contributed by atoms with Gasteiger partial charge in [0.05, 0.1) is 6.10 Å². The second-order valence-corrected chi connectivity index (χ2v) is 7.89. The summed E-state index contributed by atoms with van der Waals surface area (Å²) in [6.45, 7) is 4.63. The Morgan fingerprint density at radius 2 is 1.65 bits per heavy atom. The van der Waals surface area contributed by atoms with Gasteiger partial charge in [-0.1, -0.05) is 6.92 Å². The molecule has 0 aliphatic heterocycles. The minimum Gasteiger partial charge on any atom is -0.393 e. The molecule has 4 aliphatic carbocycles. The summed E-state index contributed by atoms with van der Waals surface area (Å²) in [4.78, 5) is 12.5. The molecule has 3 heteroatoms. The van der Waals surface area contributed by atoms with E-state index in [0.29, 0.717) is 36.1 Å². The molecule has 0 aromatic rings. The number of amides is 1. The van der Waals surface area contributed by atoms with E-state index in [-0.39, 0.29) is 6.10 Å². The van der Waals surface area contributed by atoms with Gasteiger partial charge in [-0.3, -0.25) is 4.79 Å². The Morgan fingerprint density at radius 1 is 1.10 bits per heavy atom. The Hall–Kier alpha value is -0.570. The second kappa shape index (κ2) is 5.67. The lowest BCUT2D eigenvalue weighted by Crippen LogP contribution is -2.51. The highest BCUT2D eigenvalue weighted by molar-refractivity contribution is 5.79. The lowest BCUT2D eigenvalue weighted by Gasteiger charge is -2.53. The van der Waals surface area contributed by atoms with Crippen LogP contribution in [0.5, 0.6) is 0 Å². The van der Waals surface area contributed by atoms with E-state index < -0.39 is 0 Å². The van der Waals surface area contributed by atoms with Crippen molar-refractivity contribution in [2.45, 2.75) is 58.5 Å². The monoisotopic (exact) mass is 279 g/mol. The molecule has 0 aromatic heterocycles. The minimum atomic E-state index is -0.275. The molecule has 4 bridgehead atoms. The molecule has 1 amide bonds. The third-order valence-electron chi connectivity index (χ3n) is 5.90. The first-order valence-corrected chi connectivity index (χ1v) is 8.48. The molecule has 3 nitrogen and oxygen atoms in total. The van der Waals surface area contributed by atoms with Gasteiger partial charge in [0.25, 0.3) is 0 Å². The molecule has 0 spiro atoms. The molecule has 4 saturated carbocycles. The lowest BCUT2D eigenvalue weighted by molar-refractivity contribution is -0.138. The van der Waals surface area contributed by atoms with Gasteiger partial charge < -0.3 is 10.4 Å². The number of rotatable bonds is 5. The number of aliphatic hydroxyl groups is 1. The van der Waals surface area contributed by atoms with Crippen LogP contribution in [0.4, 0.5) is 0 Å². The molecule has 0 heterocycles. The number of hydrogen-bond donors (Lipinski definition) is 2. The number of hydrogen-bond acceptors (Lipinski definition) is 2. The van der Waals surface area contributed by atoms with Gasteiger partial charge in [-0.15, -0.1) is 0 Å². The van der Waals surface area contributed by atoms with Crippen LogP contribution in [0.25, 0.3) is 0 Å². The van der Waals surface area contributed by atoms with E-state index >= 15 is 0 Å². The third-order valence-corrected chi connectivity index (χ3v) is 5.90. The first-order valence-electron chi connectivity index (χ1n) is 8.48. The zero-order chi connectivity index (χ0) is 14.3. The number of carbonyl (C=O) groups excluding carboxylic acids is 1. The zero-order valence-corrected chi connectivity index (χ0v) is 12.8. The van der Waals surface area contributed by atoms with Crippen LogP contribution in [-0.2, 0) is 4.79 Å². The summed E-state index contributed by atoms with van der Waals surface area (Å²) in [6.07, 6.45) is 7.13. The van der Waals surface area contributed by atoms with Crippen LogP contribution >= 0.6 is 0 Å². The van der Waals surface area contributed by atoms with Crippen LogP contribution < -0.4 is 5.32 Å². The first-order chi connectivity index (χ1) is 9.52. The summed E-state index contributed by atoms with van der Waals surface area (Å²) in [6, 6.07) is 0. The summed E-state index contributed by atoms with van der Waals surface area (Å²) >= 11 is 0. The average molecular weight is 279 g/mol. The van der Waals surface area contributed by atoms with Gasteiger partial charge in [-0.25, -0.2) is 0 Å². The predicted molar refractivity (Wildman–Crippen MR) is 79.0 cm³/mol. The van der Waals surface area contributed by atoms with Crippen molar-refractivity contribution in [1.29, 1.82) is 0 Å². The van der Waals surface area contributed by atoms with Crippen LogP contribution in [0.2, 0.25) is 0 Å². The van der Waals surface area contributed by atoms with Gasteiger partial charge in [0, 0.05) is 12.5 Å². The molecule has 20 heavy (non-hydrogen) atoms. The Balaban J connectivity index is 1.53. The van der Waals surface area contributed by atoms with Gasteiger partial charge >= 0.3 is 0 Å². The van der Waals surface area contributed by atoms with Gasteiger partial charge in [0.1, 0.15) is 0 Å². The topological polar surface area (TPSA) is 49.3 Å². The highest BCUT2D eigenvalue weighted by atomic mass is 16.3. The van der Waals surface area contributed by atoms with E-state index in [1.54, 1.807) is 0 Å². The Morgan fingerprint density at radius 3 is 2.15 bits per heavy atom. The van der Waals surface area contributed by atoms with Gasteiger partial charge in [0.2, 0.25) is 5.91 Å². The maximum absolute atomic E-state index is 12.5. The van der Waals surface area contributed by atoms with E-state index in [9.17, 15) is 9.90 Å². The van der Waals surface area contributed by atoms with Crippen LogP contribution in [0.15, 0.2) is 0 Å². The molecule has 2 N–H and O–H groups in total. The molecule has 114 valence electrons.